The van der Waals surface area contributed by atoms with Crippen LogP contribution in [-0.2, 0) is 11.8 Å². The minimum absolute atomic E-state index is 0.113. The molecule has 25 heavy (non-hydrogen) atoms. The number of urea groups is 1. The Morgan fingerprint density at radius 3 is 2.84 bits per heavy atom. The smallest absolute Gasteiger partial charge is 0.326 e. The summed E-state index contributed by atoms with van der Waals surface area (Å²) in [5.74, 6) is 0.302. The number of hydrogen-bond donors (Lipinski definition) is 1. The Morgan fingerprint density at radius 1 is 1.44 bits per heavy atom. The van der Waals surface area contributed by atoms with E-state index in [1.54, 1.807) is 24.1 Å². The number of allylic oxidation sites excluding steroid dienone is 2. The molecule has 1 saturated heterocycles. The molecule has 1 aromatic rings. The van der Waals surface area contributed by atoms with E-state index in [-0.39, 0.29) is 23.9 Å². The van der Waals surface area contributed by atoms with Gasteiger partial charge >= 0.3 is 6.03 Å². The monoisotopic (exact) mass is 383 g/mol. The van der Waals surface area contributed by atoms with Crippen LogP contribution in [0.25, 0.3) is 0 Å². The van der Waals surface area contributed by atoms with E-state index in [1.807, 2.05) is 19.2 Å². The summed E-state index contributed by atoms with van der Waals surface area (Å²) < 4.78 is 1.75. The maximum absolute atomic E-state index is 12.5. The fraction of sp³-hybridized carbons (Fsp3) is 0.438. The van der Waals surface area contributed by atoms with Crippen molar-refractivity contribution in [3.05, 3.63) is 35.3 Å². The summed E-state index contributed by atoms with van der Waals surface area (Å²) in [6.45, 7) is 0.560. The molecule has 1 N–H and O–H groups in total. The Morgan fingerprint density at radius 2 is 2.20 bits per heavy atom. The average molecular weight is 384 g/mol. The first-order chi connectivity index (χ1) is 11.9. The summed E-state index contributed by atoms with van der Waals surface area (Å²) in [4.78, 5) is 32.0. The molecule has 9 heteroatoms. The number of anilines is 1. The van der Waals surface area contributed by atoms with Crippen LogP contribution >= 0.6 is 23.2 Å². The normalized spacial score (nSPS) is 23.6. The first-order valence-corrected chi connectivity index (χ1v) is 8.68. The maximum atomic E-state index is 12.5. The molecule has 0 aromatic carbocycles. The molecule has 2 unspecified atom stereocenters. The zero-order valence-corrected chi connectivity index (χ0v) is 15.5. The van der Waals surface area contributed by atoms with Crippen LogP contribution in [-0.4, -0.2) is 57.9 Å². The van der Waals surface area contributed by atoms with Gasteiger partial charge in [-0.25, -0.2) is 9.78 Å². The lowest BCUT2D eigenvalue weighted by molar-refractivity contribution is -0.124. The number of carbonyl (C=O) groups is 2. The standard InChI is InChI=1S/C16H19Cl2N5O2/c1-21-8-14(20-9-21)23-7-13(22(2)16(23)25)15(24)19-6-10-3-4-11(17)5-12(10)18/h3-4,8-9,11,13H,5-7H2,1-2H3,(H,19,24). The van der Waals surface area contributed by atoms with Gasteiger partial charge in [0.25, 0.3) is 0 Å². The lowest BCUT2D eigenvalue weighted by Crippen LogP contribution is -2.44. The van der Waals surface area contributed by atoms with E-state index in [4.69, 9.17) is 23.2 Å². The highest BCUT2D eigenvalue weighted by Gasteiger charge is 2.40. The van der Waals surface area contributed by atoms with Gasteiger partial charge in [0.15, 0.2) is 5.82 Å². The van der Waals surface area contributed by atoms with Gasteiger partial charge in [0, 0.05) is 38.3 Å². The number of likely N-dealkylation sites (N-methyl/N-ethyl adjacent to an activating group) is 1. The number of alkyl halides is 1. The predicted molar refractivity (Wildman–Crippen MR) is 96.8 cm³/mol. The molecule has 0 bridgehead atoms. The highest BCUT2D eigenvalue weighted by atomic mass is 35.5. The van der Waals surface area contributed by atoms with Crippen LogP contribution in [0.1, 0.15) is 6.42 Å². The highest BCUT2D eigenvalue weighted by Crippen LogP contribution is 2.25. The minimum Gasteiger partial charge on any atom is -0.350 e. The van der Waals surface area contributed by atoms with Gasteiger partial charge in [0.2, 0.25) is 5.91 Å². The molecule has 3 amide bonds. The van der Waals surface area contributed by atoms with Gasteiger partial charge < -0.3 is 14.8 Å². The van der Waals surface area contributed by atoms with E-state index < -0.39 is 6.04 Å². The number of hydrogen-bond acceptors (Lipinski definition) is 3. The van der Waals surface area contributed by atoms with Crippen LogP contribution in [0.15, 0.2) is 35.3 Å². The van der Waals surface area contributed by atoms with Crippen molar-refractivity contribution in [2.24, 2.45) is 7.05 Å². The quantitative estimate of drug-likeness (QED) is 0.806. The molecule has 0 saturated carbocycles. The van der Waals surface area contributed by atoms with Crippen LogP contribution in [0, 0.1) is 0 Å². The molecule has 0 spiro atoms. The van der Waals surface area contributed by atoms with Crippen LogP contribution in [0.2, 0.25) is 0 Å². The molecule has 1 aliphatic heterocycles. The van der Waals surface area contributed by atoms with Crippen molar-refractivity contribution in [3.8, 4) is 0 Å². The van der Waals surface area contributed by atoms with Gasteiger partial charge in [-0.2, -0.15) is 0 Å². The average Bonchev–Trinajstić information content (AvgIpc) is 3.11. The Bertz CT molecular complexity index is 757. The van der Waals surface area contributed by atoms with Gasteiger partial charge in [-0.1, -0.05) is 23.8 Å². The van der Waals surface area contributed by atoms with Crippen molar-refractivity contribution in [2.75, 3.05) is 25.0 Å². The van der Waals surface area contributed by atoms with Gasteiger partial charge in [0.1, 0.15) is 6.04 Å². The fourth-order valence-electron chi connectivity index (χ4n) is 2.82. The third kappa shape index (κ3) is 3.67. The lowest BCUT2D eigenvalue weighted by atomic mass is 10.1. The van der Waals surface area contributed by atoms with E-state index in [1.165, 1.54) is 9.80 Å². The van der Waals surface area contributed by atoms with Crippen molar-refractivity contribution >= 4 is 41.0 Å². The van der Waals surface area contributed by atoms with Crippen LogP contribution in [0.3, 0.4) is 0 Å². The molecule has 1 fully saturated rings. The van der Waals surface area contributed by atoms with Crippen LogP contribution in [0.5, 0.6) is 0 Å². The number of aryl methyl sites for hydroxylation is 1. The third-order valence-electron chi connectivity index (χ3n) is 4.31. The van der Waals surface area contributed by atoms with Crippen molar-refractivity contribution in [2.45, 2.75) is 17.8 Å². The first kappa shape index (κ1) is 17.8. The van der Waals surface area contributed by atoms with Crippen LogP contribution < -0.4 is 10.2 Å². The molecular formula is C16H19Cl2N5O2. The molecule has 3 rings (SSSR count). The Kier molecular flexibility index (Phi) is 5.06. The van der Waals surface area contributed by atoms with Crippen molar-refractivity contribution in [1.82, 2.24) is 19.8 Å². The molecule has 7 nitrogen and oxygen atoms in total. The van der Waals surface area contributed by atoms with E-state index in [9.17, 15) is 9.59 Å². The molecule has 1 aromatic heterocycles. The van der Waals surface area contributed by atoms with E-state index in [0.717, 1.165) is 5.57 Å². The topological polar surface area (TPSA) is 70.5 Å². The van der Waals surface area contributed by atoms with Crippen molar-refractivity contribution in [3.63, 3.8) is 0 Å². The number of imidazole rings is 1. The highest BCUT2D eigenvalue weighted by molar-refractivity contribution is 6.31. The summed E-state index contributed by atoms with van der Waals surface area (Å²) in [5.41, 5.74) is 0.834. The molecule has 0 radical (unpaired) electrons. The van der Waals surface area contributed by atoms with Gasteiger partial charge in [-0.3, -0.25) is 9.69 Å². The summed E-state index contributed by atoms with van der Waals surface area (Å²) in [6.07, 6.45) is 7.59. The first-order valence-electron chi connectivity index (χ1n) is 7.86. The summed E-state index contributed by atoms with van der Waals surface area (Å²) >= 11 is 12.2. The second-order valence-electron chi connectivity index (χ2n) is 6.14. The van der Waals surface area contributed by atoms with Gasteiger partial charge in [-0.05, 0) is 5.57 Å². The summed E-state index contributed by atoms with van der Waals surface area (Å²) in [5, 5.41) is 3.38. The predicted octanol–water partition coefficient (Wildman–Crippen LogP) is 1.84. The van der Waals surface area contributed by atoms with E-state index in [0.29, 0.717) is 23.8 Å². The van der Waals surface area contributed by atoms with Crippen molar-refractivity contribution in [1.29, 1.82) is 0 Å². The number of amides is 3. The largest absolute Gasteiger partial charge is 0.350 e. The van der Waals surface area contributed by atoms with Crippen molar-refractivity contribution < 1.29 is 9.59 Å². The second-order valence-corrected chi connectivity index (χ2v) is 7.16. The minimum atomic E-state index is -0.581. The molecule has 2 atom stereocenters. The summed E-state index contributed by atoms with van der Waals surface area (Å²) in [6, 6.07) is -0.833. The Hall–Kier alpha value is -1.99. The molecular weight excluding hydrogens is 365 g/mol. The van der Waals surface area contributed by atoms with Gasteiger partial charge in [-0.15, -0.1) is 11.6 Å². The molecule has 134 valence electrons. The summed E-state index contributed by atoms with van der Waals surface area (Å²) in [7, 11) is 3.44. The number of aromatic nitrogens is 2. The molecule has 2 aliphatic rings. The lowest BCUT2D eigenvalue weighted by Gasteiger charge is -2.19. The van der Waals surface area contributed by atoms with E-state index in [2.05, 4.69) is 10.3 Å². The second kappa shape index (κ2) is 7.09. The number of nitrogens with zero attached hydrogens (tertiary/aromatic N) is 4. The Balaban J connectivity index is 1.64. The number of carbonyl (C=O) groups excluding carboxylic acids is 2. The third-order valence-corrected chi connectivity index (χ3v) is 5.00. The van der Waals surface area contributed by atoms with Crippen LogP contribution in [0.4, 0.5) is 10.6 Å². The zero-order valence-electron chi connectivity index (χ0n) is 13.9. The Labute approximate surface area is 155 Å². The number of halogens is 2. The number of nitrogens with one attached hydrogen (secondary N) is 1. The van der Waals surface area contributed by atoms with Gasteiger partial charge in [0.05, 0.1) is 18.2 Å². The SMILES string of the molecule is CN1C(=O)N(c2cn(C)cn2)CC1C(=O)NCC1=C(Cl)CC(Cl)C=C1. The van der Waals surface area contributed by atoms with E-state index >= 15 is 0 Å². The zero-order chi connectivity index (χ0) is 18.1. The molecule has 2 heterocycles. The number of rotatable bonds is 4. The molecule has 1 aliphatic carbocycles. The maximum Gasteiger partial charge on any atom is 0.326 e. The fourth-order valence-corrected chi connectivity index (χ4v) is 3.42.